The van der Waals surface area contributed by atoms with E-state index in [0.717, 1.165) is 44.2 Å². The molecule has 48 heavy (non-hydrogen) atoms. The van der Waals surface area contributed by atoms with Crippen LogP contribution in [0.5, 0.6) is 0 Å². The summed E-state index contributed by atoms with van der Waals surface area (Å²) in [5, 5.41) is 7.29. The zero-order valence-corrected chi connectivity index (χ0v) is 26.4. The minimum absolute atomic E-state index is 0.622. The molecular weight excluding hydrogens is 607 g/mol. The fourth-order valence-electron chi connectivity index (χ4n) is 6.84. The summed E-state index contributed by atoms with van der Waals surface area (Å²) in [6, 6.07) is 52.7. The highest BCUT2D eigenvalue weighted by molar-refractivity contribution is 7.26. The molecule has 224 valence electrons. The van der Waals surface area contributed by atoms with E-state index in [1.165, 1.54) is 36.5 Å². The summed E-state index contributed by atoms with van der Waals surface area (Å²) in [5.74, 6) is 1.89. The molecule has 0 bridgehead atoms. The summed E-state index contributed by atoms with van der Waals surface area (Å²) in [4.78, 5) is 15.0. The van der Waals surface area contributed by atoms with Crippen LogP contribution in [0.2, 0.25) is 0 Å². The number of para-hydroxylation sites is 1. The predicted molar refractivity (Wildman–Crippen MR) is 199 cm³/mol. The van der Waals surface area contributed by atoms with Gasteiger partial charge >= 0.3 is 0 Å². The van der Waals surface area contributed by atoms with Crippen LogP contribution in [0.15, 0.2) is 156 Å². The van der Waals surface area contributed by atoms with Gasteiger partial charge in [0, 0.05) is 47.6 Å². The zero-order valence-electron chi connectivity index (χ0n) is 25.6. The van der Waals surface area contributed by atoms with Gasteiger partial charge in [-0.3, -0.25) is 0 Å². The number of fused-ring (bicyclic) bond motifs is 8. The van der Waals surface area contributed by atoms with E-state index in [9.17, 15) is 0 Å². The first-order chi connectivity index (χ1) is 23.8. The molecule has 10 aromatic rings. The van der Waals surface area contributed by atoms with Crippen LogP contribution < -0.4 is 0 Å². The first-order valence-corrected chi connectivity index (χ1v) is 16.8. The van der Waals surface area contributed by atoms with Crippen LogP contribution in [0.1, 0.15) is 0 Å². The van der Waals surface area contributed by atoms with Gasteiger partial charge in [-0.05, 0) is 58.3 Å². The van der Waals surface area contributed by atoms with Crippen LogP contribution in [-0.2, 0) is 0 Å². The number of furan rings is 1. The smallest absolute Gasteiger partial charge is 0.164 e. The van der Waals surface area contributed by atoms with E-state index < -0.39 is 0 Å². The molecule has 5 heteroatoms. The van der Waals surface area contributed by atoms with Crippen molar-refractivity contribution in [2.24, 2.45) is 0 Å². The van der Waals surface area contributed by atoms with Crippen LogP contribution in [-0.4, -0.2) is 15.0 Å². The van der Waals surface area contributed by atoms with Gasteiger partial charge in [0.25, 0.3) is 0 Å². The second kappa shape index (κ2) is 10.7. The second-order valence-electron chi connectivity index (χ2n) is 12.0. The third kappa shape index (κ3) is 4.33. The van der Waals surface area contributed by atoms with Gasteiger partial charge in [-0.15, -0.1) is 11.3 Å². The molecule has 0 aliphatic heterocycles. The van der Waals surface area contributed by atoms with Crippen molar-refractivity contribution in [2.75, 3.05) is 0 Å². The summed E-state index contributed by atoms with van der Waals surface area (Å²) < 4.78 is 8.69. The molecule has 3 aromatic heterocycles. The quantitative estimate of drug-likeness (QED) is 0.194. The van der Waals surface area contributed by atoms with Crippen molar-refractivity contribution in [3.8, 4) is 45.3 Å². The normalized spacial score (nSPS) is 11.8. The van der Waals surface area contributed by atoms with Gasteiger partial charge in [-0.2, -0.15) is 0 Å². The molecule has 0 N–H and O–H groups in total. The molecule has 10 rings (SSSR count). The van der Waals surface area contributed by atoms with Crippen molar-refractivity contribution in [1.82, 2.24) is 15.0 Å². The lowest BCUT2D eigenvalue weighted by molar-refractivity contribution is 0.669. The molecule has 7 aromatic carbocycles. The molecule has 0 atom stereocenters. The summed E-state index contributed by atoms with van der Waals surface area (Å²) in [6.45, 7) is 0. The average molecular weight is 632 g/mol. The molecule has 0 radical (unpaired) electrons. The van der Waals surface area contributed by atoms with Crippen LogP contribution in [0.3, 0.4) is 0 Å². The molecule has 0 unspecified atom stereocenters. The first-order valence-electron chi connectivity index (χ1n) is 15.9. The van der Waals surface area contributed by atoms with Crippen molar-refractivity contribution in [3.05, 3.63) is 152 Å². The molecule has 0 spiro atoms. The van der Waals surface area contributed by atoms with Crippen LogP contribution in [0.4, 0.5) is 0 Å². The van der Waals surface area contributed by atoms with E-state index in [4.69, 9.17) is 19.4 Å². The Morgan fingerprint density at radius 3 is 1.85 bits per heavy atom. The maximum absolute atomic E-state index is 6.09. The molecule has 0 saturated heterocycles. The SMILES string of the molecule is c1ccc(-c2nc(-c3ccc(-c4cccc5sc6ccc7ccccc7c6c45)cc3)nc(-c3ccc4oc5ccccc5c4c3)n2)cc1. The Morgan fingerprint density at radius 1 is 0.396 bits per heavy atom. The van der Waals surface area contributed by atoms with Crippen LogP contribution in [0.25, 0.3) is 98.2 Å². The zero-order chi connectivity index (χ0) is 31.6. The highest BCUT2D eigenvalue weighted by Gasteiger charge is 2.16. The maximum Gasteiger partial charge on any atom is 0.164 e. The highest BCUT2D eigenvalue weighted by Crippen LogP contribution is 2.43. The van der Waals surface area contributed by atoms with E-state index in [0.29, 0.717) is 17.5 Å². The second-order valence-corrected chi connectivity index (χ2v) is 13.1. The van der Waals surface area contributed by atoms with Gasteiger partial charge in [0.2, 0.25) is 0 Å². The first kappa shape index (κ1) is 27.0. The Morgan fingerprint density at radius 2 is 1.02 bits per heavy atom. The van der Waals surface area contributed by atoms with Gasteiger partial charge < -0.3 is 4.42 Å². The lowest BCUT2D eigenvalue weighted by Gasteiger charge is -2.10. The molecule has 4 nitrogen and oxygen atoms in total. The van der Waals surface area contributed by atoms with Gasteiger partial charge in [0.15, 0.2) is 17.5 Å². The summed E-state index contributed by atoms with van der Waals surface area (Å²) in [6.07, 6.45) is 0. The summed E-state index contributed by atoms with van der Waals surface area (Å²) in [7, 11) is 0. The Hall–Kier alpha value is -6.17. The number of hydrogen-bond acceptors (Lipinski definition) is 5. The maximum atomic E-state index is 6.09. The minimum atomic E-state index is 0.622. The number of hydrogen-bond donors (Lipinski definition) is 0. The molecule has 3 heterocycles. The number of nitrogens with zero attached hydrogens (tertiary/aromatic N) is 3. The molecule has 0 aliphatic rings. The number of aromatic nitrogens is 3. The van der Waals surface area contributed by atoms with Gasteiger partial charge in [-0.1, -0.05) is 115 Å². The standard InChI is InChI=1S/C43H25N3OS/c1-2-10-28(11-3-1)41-44-42(46-43(45-41)30-21-23-36-34(25-30)33-13-6-7-15-35(33)47-36)29-19-17-27(18-20-29)32-14-8-16-37-39(32)40-31-12-5-4-9-26(31)22-24-38(40)48-37/h1-25H. The third-order valence-corrected chi connectivity index (χ3v) is 10.3. The fraction of sp³-hybridized carbons (Fsp3) is 0. The largest absolute Gasteiger partial charge is 0.456 e. The predicted octanol–water partition coefficient (Wildman–Crippen LogP) is 12.0. The Bertz CT molecular complexity index is 2830. The molecule has 0 saturated carbocycles. The third-order valence-electron chi connectivity index (χ3n) is 9.14. The van der Waals surface area contributed by atoms with Crippen molar-refractivity contribution in [3.63, 3.8) is 0 Å². The fourth-order valence-corrected chi connectivity index (χ4v) is 7.99. The lowest BCUT2D eigenvalue weighted by Crippen LogP contribution is -2.00. The van der Waals surface area contributed by atoms with E-state index in [2.05, 4.69) is 91.0 Å². The minimum Gasteiger partial charge on any atom is -0.456 e. The molecule has 0 amide bonds. The van der Waals surface area contributed by atoms with E-state index in [-0.39, 0.29) is 0 Å². The van der Waals surface area contributed by atoms with Gasteiger partial charge in [0.1, 0.15) is 11.2 Å². The van der Waals surface area contributed by atoms with Crippen molar-refractivity contribution in [2.45, 2.75) is 0 Å². The van der Waals surface area contributed by atoms with E-state index >= 15 is 0 Å². The monoisotopic (exact) mass is 631 g/mol. The molecular formula is C43H25N3OS. The van der Waals surface area contributed by atoms with Gasteiger partial charge in [0.05, 0.1) is 0 Å². The molecule has 0 fully saturated rings. The van der Waals surface area contributed by atoms with Crippen molar-refractivity contribution >= 4 is 64.2 Å². The Balaban J connectivity index is 1.12. The highest BCUT2D eigenvalue weighted by atomic mass is 32.1. The van der Waals surface area contributed by atoms with E-state index in [1.54, 1.807) is 0 Å². The number of benzene rings is 7. The molecule has 0 aliphatic carbocycles. The Kier molecular flexibility index (Phi) is 6.01. The van der Waals surface area contributed by atoms with Crippen molar-refractivity contribution in [1.29, 1.82) is 0 Å². The van der Waals surface area contributed by atoms with E-state index in [1.807, 2.05) is 72.0 Å². The Labute approximate surface area is 279 Å². The van der Waals surface area contributed by atoms with Gasteiger partial charge in [-0.25, -0.2) is 15.0 Å². The number of thiophene rings is 1. The number of rotatable bonds is 4. The van der Waals surface area contributed by atoms with Crippen LogP contribution >= 0.6 is 11.3 Å². The topological polar surface area (TPSA) is 51.8 Å². The summed E-state index contributed by atoms with van der Waals surface area (Å²) in [5.41, 5.74) is 6.88. The lowest BCUT2D eigenvalue weighted by atomic mass is 9.96. The van der Waals surface area contributed by atoms with Crippen molar-refractivity contribution < 1.29 is 4.42 Å². The average Bonchev–Trinajstić information content (AvgIpc) is 3.73. The summed E-state index contributed by atoms with van der Waals surface area (Å²) >= 11 is 1.85. The van der Waals surface area contributed by atoms with Crippen LogP contribution in [0, 0.1) is 0 Å².